The summed E-state index contributed by atoms with van der Waals surface area (Å²) >= 11 is 1.68. The van der Waals surface area contributed by atoms with Crippen molar-refractivity contribution in [2.45, 2.75) is 44.3 Å². The molecular formula is C22H25N3OS. The highest BCUT2D eigenvalue weighted by Gasteiger charge is 2.19. The molecule has 3 aromatic rings. The van der Waals surface area contributed by atoms with Crippen LogP contribution in [0.2, 0.25) is 0 Å². The van der Waals surface area contributed by atoms with Crippen LogP contribution in [0.5, 0.6) is 5.75 Å². The summed E-state index contributed by atoms with van der Waals surface area (Å²) in [5.41, 5.74) is 3.70. The summed E-state index contributed by atoms with van der Waals surface area (Å²) in [6.07, 6.45) is 1.66. The molecular weight excluding hydrogens is 354 g/mol. The first-order chi connectivity index (χ1) is 13.1. The number of aryl methyl sites for hydroxylation is 2. The van der Waals surface area contributed by atoms with Gasteiger partial charge in [0.2, 0.25) is 0 Å². The summed E-state index contributed by atoms with van der Waals surface area (Å²) in [6.45, 7) is 10.7. The highest BCUT2D eigenvalue weighted by molar-refractivity contribution is 7.98. The Balaban J connectivity index is 1.75. The molecule has 0 aliphatic carbocycles. The molecule has 0 radical (unpaired) electrons. The Bertz CT molecular complexity index is 902. The van der Waals surface area contributed by atoms with Gasteiger partial charge in [0.1, 0.15) is 5.75 Å². The zero-order valence-corrected chi connectivity index (χ0v) is 16.9. The molecule has 1 aromatic heterocycles. The maximum atomic E-state index is 6.09. The normalized spacial score (nSPS) is 12.0. The van der Waals surface area contributed by atoms with Crippen LogP contribution in [0.25, 0.3) is 0 Å². The lowest BCUT2D eigenvalue weighted by Crippen LogP contribution is -2.12. The molecule has 0 aliphatic rings. The molecule has 1 atom stereocenters. The number of allylic oxidation sites excluding steroid dienone is 1. The van der Waals surface area contributed by atoms with Gasteiger partial charge < -0.3 is 4.74 Å². The van der Waals surface area contributed by atoms with E-state index >= 15 is 0 Å². The number of nitrogens with zero attached hydrogens (tertiary/aromatic N) is 3. The number of ether oxygens (including phenoxy) is 1. The lowest BCUT2D eigenvalue weighted by atomic mass is 10.2. The van der Waals surface area contributed by atoms with Crippen molar-refractivity contribution in [3.63, 3.8) is 0 Å². The van der Waals surface area contributed by atoms with E-state index in [1.54, 1.807) is 11.8 Å². The number of hydrogen-bond donors (Lipinski definition) is 0. The SMILES string of the molecule is C=CCn1c(SCc2ccc(C)cc2)nnc1C(C)Oc1cccc(C)c1. The fourth-order valence-electron chi connectivity index (χ4n) is 2.79. The second kappa shape index (κ2) is 8.91. The van der Waals surface area contributed by atoms with E-state index in [0.717, 1.165) is 22.5 Å². The first-order valence-electron chi connectivity index (χ1n) is 9.02. The molecule has 0 amide bonds. The van der Waals surface area contributed by atoms with Crippen molar-refractivity contribution in [3.8, 4) is 5.75 Å². The minimum atomic E-state index is -0.201. The van der Waals surface area contributed by atoms with Crippen molar-refractivity contribution < 1.29 is 4.74 Å². The maximum absolute atomic E-state index is 6.09. The van der Waals surface area contributed by atoms with Crippen molar-refractivity contribution in [2.75, 3.05) is 0 Å². The van der Waals surface area contributed by atoms with E-state index in [4.69, 9.17) is 4.74 Å². The van der Waals surface area contributed by atoms with E-state index in [1.165, 1.54) is 16.7 Å². The molecule has 0 N–H and O–H groups in total. The predicted octanol–water partition coefficient (Wildman–Crippen LogP) is 5.51. The Morgan fingerprint density at radius 3 is 2.59 bits per heavy atom. The number of hydrogen-bond acceptors (Lipinski definition) is 4. The Morgan fingerprint density at radius 2 is 1.89 bits per heavy atom. The molecule has 4 nitrogen and oxygen atoms in total. The van der Waals surface area contributed by atoms with Crippen LogP contribution in [0.3, 0.4) is 0 Å². The minimum Gasteiger partial charge on any atom is -0.483 e. The van der Waals surface area contributed by atoms with Crippen LogP contribution >= 0.6 is 11.8 Å². The molecule has 0 fully saturated rings. The monoisotopic (exact) mass is 379 g/mol. The number of rotatable bonds is 8. The van der Waals surface area contributed by atoms with E-state index in [-0.39, 0.29) is 6.10 Å². The van der Waals surface area contributed by atoms with Crippen LogP contribution in [-0.4, -0.2) is 14.8 Å². The molecule has 0 aliphatic heterocycles. The van der Waals surface area contributed by atoms with Crippen LogP contribution in [0.4, 0.5) is 0 Å². The lowest BCUT2D eigenvalue weighted by Gasteiger charge is -2.16. The third kappa shape index (κ3) is 5.01. The molecule has 0 saturated heterocycles. The standard InChI is InChI=1S/C22H25N3OS/c1-5-13-25-21(18(4)26-20-8-6-7-17(3)14-20)23-24-22(25)27-15-19-11-9-16(2)10-12-19/h5-12,14,18H,1,13,15H2,2-4H3. The van der Waals surface area contributed by atoms with Gasteiger partial charge in [-0.2, -0.15) is 0 Å². The second-order valence-electron chi connectivity index (χ2n) is 6.59. The first kappa shape index (κ1) is 19.2. The second-order valence-corrected chi connectivity index (χ2v) is 7.53. The number of benzene rings is 2. The van der Waals surface area contributed by atoms with Crippen LogP contribution in [0.15, 0.2) is 66.3 Å². The molecule has 5 heteroatoms. The summed E-state index contributed by atoms with van der Waals surface area (Å²) < 4.78 is 8.17. The van der Waals surface area contributed by atoms with E-state index in [0.29, 0.717) is 6.54 Å². The van der Waals surface area contributed by atoms with Crippen LogP contribution in [0, 0.1) is 13.8 Å². The number of aromatic nitrogens is 3. The average molecular weight is 380 g/mol. The van der Waals surface area contributed by atoms with Crippen molar-refractivity contribution >= 4 is 11.8 Å². The largest absolute Gasteiger partial charge is 0.483 e. The van der Waals surface area contributed by atoms with E-state index < -0.39 is 0 Å². The summed E-state index contributed by atoms with van der Waals surface area (Å²) in [5, 5.41) is 9.67. The summed E-state index contributed by atoms with van der Waals surface area (Å²) in [5.74, 6) is 2.50. The Labute approximate surface area is 165 Å². The third-order valence-electron chi connectivity index (χ3n) is 4.21. The average Bonchev–Trinajstić information content (AvgIpc) is 3.04. The highest BCUT2D eigenvalue weighted by Crippen LogP contribution is 2.27. The van der Waals surface area contributed by atoms with E-state index in [1.807, 2.05) is 31.2 Å². The molecule has 140 valence electrons. The van der Waals surface area contributed by atoms with Gasteiger partial charge in [-0.25, -0.2) is 0 Å². The molecule has 27 heavy (non-hydrogen) atoms. The highest BCUT2D eigenvalue weighted by atomic mass is 32.2. The quantitative estimate of drug-likeness (QED) is 0.382. The molecule has 2 aromatic carbocycles. The Hall–Kier alpha value is -2.53. The van der Waals surface area contributed by atoms with Crippen molar-refractivity contribution in [2.24, 2.45) is 0 Å². The molecule has 0 bridgehead atoms. The van der Waals surface area contributed by atoms with Gasteiger partial charge in [0.05, 0.1) is 0 Å². The number of thioether (sulfide) groups is 1. The smallest absolute Gasteiger partial charge is 0.191 e. The molecule has 3 rings (SSSR count). The van der Waals surface area contributed by atoms with Gasteiger partial charge in [0.25, 0.3) is 0 Å². The molecule has 1 heterocycles. The van der Waals surface area contributed by atoms with Gasteiger partial charge in [0, 0.05) is 12.3 Å². The van der Waals surface area contributed by atoms with E-state index in [9.17, 15) is 0 Å². The summed E-state index contributed by atoms with van der Waals surface area (Å²) in [6, 6.07) is 16.6. The zero-order valence-electron chi connectivity index (χ0n) is 16.1. The van der Waals surface area contributed by atoms with Crippen LogP contribution in [0.1, 0.15) is 35.5 Å². The van der Waals surface area contributed by atoms with Crippen LogP contribution in [-0.2, 0) is 12.3 Å². The van der Waals surface area contributed by atoms with Gasteiger partial charge in [-0.15, -0.1) is 16.8 Å². The van der Waals surface area contributed by atoms with Crippen molar-refractivity contribution in [3.05, 3.63) is 83.7 Å². The van der Waals surface area contributed by atoms with Gasteiger partial charge in [0.15, 0.2) is 17.1 Å². The van der Waals surface area contributed by atoms with Crippen molar-refractivity contribution in [1.82, 2.24) is 14.8 Å². The first-order valence-corrected chi connectivity index (χ1v) is 10.0. The lowest BCUT2D eigenvalue weighted by molar-refractivity contribution is 0.210. The molecule has 1 unspecified atom stereocenters. The maximum Gasteiger partial charge on any atom is 0.191 e. The van der Waals surface area contributed by atoms with Crippen LogP contribution < -0.4 is 4.74 Å². The molecule has 0 spiro atoms. The van der Waals surface area contributed by atoms with Crippen molar-refractivity contribution in [1.29, 1.82) is 0 Å². The Morgan fingerprint density at radius 1 is 1.11 bits per heavy atom. The van der Waals surface area contributed by atoms with Gasteiger partial charge in [-0.1, -0.05) is 59.8 Å². The molecule has 0 saturated carbocycles. The predicted molar refractivity (Wildman–Crippen MR) is 111 cm³/mol. The fraction of sp³-hybridized carbons (Fsp3) is 0.273. The zero-order chi connectivity index (χ0) is 19.2. The van der Waals surface area contributed by atoms with E-state index in [2.05, 4.69) is 65.5 Å². The Kier molecular flexibility index (Phi) is 6.35. The van der Waals surface area contributed by atoms with Gasteiger partial charge >= 0.3 is 0 Å². The fourth-order valence-corrected chi connectivity index (χ4v) is 3.70. The minimum absolute atomic E-state index is 0.201. The topological polar surface area (TPSA) is 39.9 Å². The van der Waals surface area contributed by atoms with Gasteiger partial charge in [-0.3, -0.25) is 4.57 Å². The third-order valence-corrected chi connectivity index (χ3v) is 5.25. The van der Waals surface area contributed by atoms with Gasteiger partial charge in [-0.05, 0) is 44.0 Å². The summed E-state index contributed by atoms with van der Waals surface area (Å²) in [4.78, 5) is 0. The summed E-state index contributed by atoms with van der Waals surface area (Å²) in [7, 11) is 0.